The Morgan fingerprint density at radius 1 is 1.20 bits per heavy atom. The molecule has 1 aromatic carbocycles. The van der Waals surface area contributed by atoms with Gasteiger partial charge in [-0.15, -0.1) is 0 Å². The minimum atomic E-state index is -4.42. The van der Waals surface area contributed by atoms with Crippen molar-refractivity contribution in [1.29, 1.82) is 5.26 Å². The van der Waals surface area contributed by atoms with Crippen molar-refractivity contribution in [3.8, 4) is 17.2 Å². The van der Waals surface area contributed by atoms with Crippen LogP contribution in [0.5, 0.6) is 0 Å². The van der Waals surface area contributed by atoms with E-state index in [9.17, 15) is 18.0 Å². The summed E-state index contributed by atoms with van der Waals surface area (Å²) in [5.74, 6) is 0. The quantitative estimate of drug-likeness (QED) is 0.870. The molecule has 6 heteroatoms. The fourth-order valence-corrected chi connectivity index (χ4v) is 1.87. The van der Waals surface area contributed by atoms with Crippen LogP contribution in [0.25, 0.3) is 11.1 Å². The molecular weight excluding hydrogens is 269 g/mol. The van der Waals surface area contributed by atoms with Gasteiger partial charge in [-0.05, 0) is 30.7 Å². The monoisotopic (exact) mass is 278 g/mol. The average Bonchev–Trinajstić information content (AvgIpc) is 2.37. The van der Waals surface area contributed by atoms with Crippen LogP contribution in [0.3, 0.4) is 0 Å². The highest BCUT2D eigenvalue weighted by Crippen LogP contribution is 2.31. The summed E-state index contributed by atoms with van der Waals surface area (Å²) in [5, 5.41) is 8.99. The van der Waals surface area contributed by atoms with Crippen molar-refractivity contribution < 1.29 is 13.2 Å². The van der Waals surface area contributed by atoms with E-state index in [-0.39, 0.29) is 5.56 Å². The van der Waals surface area contributed by atoms with Gasteiger partial charge in [-0.25, -0.2) is 0 Å². The van der Waals surface area contributed by atoms with Crippen LogP contribution < -0.4 is 5.56 Å². The number of nitrogens with zero attached hydrogens (tertiary/aromatic N) is 1. The van der Waals surface area contributed by atoms with Gasteiger partial charge in [-0.1, -0.05) is 12.1 Å². The van der Waals surface area contributed by atoms with E-state index in [0.29, 0.717) is 16.8 Å². The Balaban J connectivity index is 2.59. The molecule has 0 aliphatic heterocycles. The molecule has 2 rings (SSSR count). The Hall–Kier alpha value is -2.55. The molecule has 0 aliphatic carbocycles. The normalized spacial score (nSPS) is 11.2. The molecule has 20 heavy (non-hydrogen) atoms. The summed E-state index contributed by atoms with van der Waals surface area (Å²) in [5.41, 5.74) is -0.200. The molecule has 0 saturated carbocycles. The summed E-state index contributed by atoms with van der Waals surface area (Å²) in [6.07, 6.45) is -4.42. The fourth-order valence-electron chi connectivity index (χ4n) is 1.87. The van der Waals surface area contributed by atoms with Gasteiger partial charge in [0.25, 0.3) is 5.56 Å². The van der Waals surface area contributed by atoms with Gasteiger partial charge in [0, 0.05) is 11.3 Å². The summed E-state index contributed by atoms with van der Waals surface area (Å²) < 4.78 is 37.5. The first kappa shape index (κ1) is 13.9. The zero-order chi connectivity index (χ0) is 14.9. The van der Waals surface area contributed by atoms with E-state index in [2.05, 4.69) is 4.98 Å². The molecule has 0 fully saturated rings. The topological polar surface area (TPSA) is 56.6 Å². The number of benzene rings is 1. The van der Waals surface area contributed by atoms with Crippen LogP contribution in [0.2, 0.25) is 0 Å². The van der Waals surface area contributed by atoms with Crippen LogP contribution in [-0.2, 0) is 6.18 Å². The first-order valence-electron chi connectivity index (χ1n) is 5.64. The lowest BCUT2D eigenvalue weighted by molar-refractivity contribution is -0.137. The van der Waals surface area contributed by atoms with E-state index in [4.69, 9.17) is 5.26 Å². The Morgan fingerprint density at radius 3 is 2.30 bits per heavy atom. The van der Waals surface area contributed by atoms with Crippen LogP contribution in [-0.4, -0.2) is 4.98 Å². The molecule has 0 spiro atoms. The van der Waals surface area contributed by atoms with Crippen LogP contribution in [0.15, 0.2) is 35.1 Å². The largest absolute Gasteiger partial charge is 0.416 e. The number of rotatable bonds is 1. The first-order chi connectivity index (χ1) is 9.32. The van der Waals surface area contributed by atoms with Gasteiger partial charge in [0.1, 0.15) is 11.6 Å². The molecule has 0 atom stereocenters. The number of aromatic amines is 1. The standard InChI is InChI=1S/C14H9F3N2O/c1-8-6-11(12(7-18)13(20)19-8)9-2-4-10(5-3-9)14(15,16)17/h2-6H,1H3,(H,19,20). The highest BCUT2D eigenvalue weighted by Gasteiger charge is 2.30. The summed E-state index contributed by atoms with van der Waals surface area (Å²) in [6, 6.07) is 7.67. The molecule has 102 valence electrons. The van der Waals surface area contributed by atoms with Gasteiger partial charge in [-0.2, -0.15) is 18.4 Å². The second-order valence-corrected chi connectivity index (χ2v) is 4.26. The third kappa shape index (κ3) is 2.57. The van der Waals surface area contributed by atoms with E-state index in [0.717, 1.165) is 12.1 Å². The number of aryl methyl sites for hydroxylation is 1. The number of hydrogen-bond donors (Lipinski definition) is 1. The molecule has 0 unspecified atom stereocenters. The minimum absolute atomic E-state index is 0.115. The number of halogens is 3. The SMILES string of the molecule is Cc1cc(-c2ccc(C(F)(F)F)cc2)c(C#N)c(=O)[nH]1. The van der Waals surface area contributed by atoms with E-state index >= 15 is 0 Å². The van der Waals surface area contributed by atoms with Gasteiger partial charge >= 0.3 is 6.18 Å². The number of pyridine rings is 1. The van der Waals surface area contributed by atoms with E-state index in [1.807, 2.05) is 0 Å². The van der Waals surface area contributed by atoms with E-state index in [1.165, 1.54) is 12.1 Å². The summed E-state index contributed by atoms with van der Waals surface area (Å²) in [7, 11) is 0. The van der Waals surface area contributed by atoms with Crippen molar-refractivity contribution in [2.24, 2.45) is 0 Å². The third-order valence-electron chi connectivity index (χ3n) is 2.80. The van der Waals surface area contributed by atoms with Gasteiger partial charge in [0.05, 0.1) is 5.56 Å². The number of alkyl halides is 3. The third-order valence-corrected chi connectivity index (χ3v) is 2.80. The maximum absolute atomic E-state index is 12.5. The molecule has 1 N–H and O–H groups in total. The second-order valence-electron chi connectivity index (χ2n) is 4.26. The zero-order valence-electron chi connectivity index (χ0n) is 10.4. The predicted octanol–water partition coefficient (Wildman–Crippen LogP) is 3.24. The molecule has 0 bridgehead atoms. The zero-order valence-corrected chi connectivity index (χ0v) is 10.4. The van der Waals surface area contributed by atoms with Gasteiger partial charge in [0.15, 0.2) is 0 Å². The van der Waals surface area contributed by atoms with Crippen molar-refractivity contribution in [2.75, 3.05) is 0 Å². The molecule has 0 aliphatic rings. The first-order valence-corrected chi connectivity index (χ1v) is 5.64. The number of nitriles is 1. The molecular formula is C14H9F3N2O. The molecule has 3 nitrogen and oxygen atoms in total. The van der Waals surface area contributed by atoms with Crippen molar-refractivity contribution in [3.63, 3.8) is 0 Å². The highest BCUT2D eigenvalue weighted by atomic mass is 19.4. The van der Waals surface area contributed by atoms with Crippen molar-refractivity contribution in [3.05, 3.63) is 57.5 Å². The fraction of sp³-hybridized carbons (Fsp3) is 0.143. The lowest BCUT2D eigenvalue weighted by Gasteiger charge is -2.09. The predicted molar refractivity (Wildman–Crippen MR) is 67.0 cm³/mol. The lowest BCUT2D eigenvalue weighted by Crippen LogP contribution is -2.12. The number of hydrogen-bond acceptors (Lipinski definition) is 2. The number of nitrogens with one attached hydrogen (secondary N) is 1. The molecule has 1 aromatic heterocycles. The highest BCUT2D eigenvalue weighted by molar-refractivity contribution is 5.70. The number of H-pyrrole nitrogens is 1. The molecule has 1 heterocycles. The Morgan fingerprint density at radius 2 is 1.80 bits per heavy atom. The summed E-state index contributed by atoms with van der Waals surface area (Å²) >= 11 is 0. The van der Waals surface area contributed by atoms with E-state index < -0.39 is 17.3 Å². The maximum Gasteiger partial charge on any atom is 0.416 e. The van der Waals surface area contributed by atoms with Gasteiger partial charge in [-0.3, -0.25) is 4.79 Å². The molecule has 0 amide bonds. The minimum Gasteiger partial charge on any atom is -0.325 e. The summed E-state index contributed by atoms with van der Waals surface area (Å²) in [6.45, 7) is 1.64. The maximum atomic E-state index is 12.5. The van der Waals surface area contributed by atoms with Crippen LogP contribution in [0.1, 0.15) is 16.8 Å². The lowest BCUT2D eigenvalue weighted by atomic mass is 10.00. The molecule has 0 saturated heterocycles. The smallest absolute Gasteiger partial charge is 0.325 e. The van der Waals surface area contributed by atoms with Gasteiger partial charge in [0.2, 0.25) is 0 Å². The van der Waals surface area contributed by atoms with Crippen LogP contribution >= 0.6 is 0 Å². The Kier molecular flexibility index (Phi) is 3.36. The molecule has 0 radical (unpaired) electrons. The molecule has 2 aromatic rings. The number of aromatic nitrogens is 1. The Labute approximate surface area is 112 Å². The van der Waals surface area contributed by atoms with Crippen LogP contribution in [0, 0.1) is 18.3 Å². The Bertz CT molecular complexity index is 737. The van der Waals surface area contributed by atoms with Crippen molar-refractivity contribution in [2.45, 2.75) is 13.1 Å². The van der Waals surface area contributed by atoms with Crippen molar-refractivity contribution >= 4 is 0 Å². The van der Waals surface area contributed by atoms with Gasteiger partial charge < -0.3 is 4.98 Å². The van der Waals surface area contributed by atoms with E-state index in [1.54, 1.807) is 19.1 Å². The summed E-state index contributed by atoms with van der Waals surface area (Å²) in [4.78, 5) is 14.1. The second kappa shape index (κ2) is 4.85. The van der Waals surface area contributed by atoms with Crippen LogP contribution in [0.4, 0.5) is 13.2 Å². The van der Waals surface area contributed by atoms with Crippen molar-refractivity contribution in [1.82, 2.24) is 4.98 Å². The average molecular weight is 278 g/mol.